The molecule has 1 aromatic heterocycles. The predicted octanol–water partition coefficient (Wildman–Crippen LogP) is 0.955. The summed E-state index contributed by atoms with van der Waals surface area (Å²) in [5.74, 6) is -1.23. The molecule has 9 heteroatoms. The predicted molar refractivity (Wildman–Crippen MR) is 97.9 cm³/mol. The first-order valence-corrected chi connectivity index (χ1v) is 8.42. The van der Waals surface area contributed by atoms with Gasteiger partial charge in [0.2, 0.25) is 5.91 Å². The molecule has 2 aromatic rings. The number of esters is 2. The van der Waals surface area contributed by atoms with Gasteiger partial charge >= 0.3 is 17.6 Å². The molecule has 0 aliphatic carbocycles. The van der Waals surface area contributed by atoms with Gasteiger partial charge in [0.15, 0.2) is 0 Å². The standard InChI is InChI=1S/C19H21NO8/c1-25-12-4-5-13-11(9-18(23)28-15(13)10-12)8-14(19(24)27-3)20-16(21)6-7-17(22)26-2/h4-5,9-10,14H,6-8H2,1-3H3,(H,20,21)/t14-/m0/s1. The second kappa shape index (κ2) is 9.54. The summed E-state index contributed by atoms with van der Waals surface area (Å²) in [4.78, 5) is 47.3. The number of rotatable bonds is 8. The maximum Gasteiger partial charge on any atom is 0.336 e. The van der Waals surface area contributed by atoms with Crippen LogP contribution in [-0.4, -0.2) is 45.2 Å². The average Bonchev–Trinajstić information content (AvgIpc) is 2.69. The topological polar surface area (TPSA) is 121 Å². The number of fused-ring (bicyclic) bond motifs is 1. The van der Waals surface area contributed by atoms with Crippen molar-refractivity contribution in [1.82, 2.24) is 5.32 Å². The molecule has 1 heterocycles. The van der Waals surface area contributed by atoms with Crippen LogP contribution in [-0.2, 0) is 30.3 Å². The van der Waals surface area contributed by atoms with Gasteiger partial charge in [-0.25, -0.2) is 9.59 Å². The Labute approximate surface area is 160 Å². The van der Waals surface area contributed by atoms with E-state index >= 15 is 0 Å². The lowest BCUT2D eigenvalue weighted by Gasteiger charge is -2.17. The average molecular weight is 391 g/mol. The minimum Gasteiger partial charge on any atom is -0.497 e. The van der Waals surface area contributed by atoms with Crippen molar-refractivity contribution in [3.8, 4) is 5.75 Å². The van der Waals surface area contributed by atoms with Gasteiger partial charge in [-0.15, -0.1) is 0 Å². The summed E-state index contributed by atoms with van der Waals surface area (Å²) in [5.41, 5.74) is 0.191. The number of nitrogens with one attached hydrogen (secondary N) is 1. The van der Waals surface area contributed by atoms with Gasteiger partial charge in [0.1, 0.15) is 17.4 Å². The van der Waals surface area contributed by atoms with Crippen LogP contribution in [0.4, 0.5) is 0 Å². The zero-order chi connectivity index (χ0) is 20.7. The summed E-state index contributed by atoms with van der Waals surface area (Å²) in [5, 5.41) is 3.12. The van der Waals surface area contributed by atoms with Gasteiger partial charge in [0.25, 0.3) is 0 Å². The first kappa shape index (κ1) is 20.9. The molecule has 0 saturated carbocycles. The molecule has 28 heavy (non-hydrogen) atoms. The minimum atomic E-state index is -1.04. The molecule has 0 saturated heterocycles. The Balaban J connectivity index is 2.27. The highest BCUT2D eigenvalue weighted by Crippen LogP contribution is 2.23. The number of benzene rings is 1. The monoisotopic (exact) mass is 391 g/mol. The molecule has 0 unspecified atom stereocenters. The van der Waals surface area contributed by atoms with Crippen LogP contribution < -0.4 is 15.7 Å². The van der Waals surface area contributed by atoms with E-state index in [-0.39, 0.29) is 19.3 Å². The van der Waals surface area contributed by atoms with E-state index in [0.29, 0.717) is 22.3 Å². The van der Waals surface area contributed by atoms with Gasteiger partial charge in [-0.2, -0.15) is 0 Å². The van der Waals surface area contributed by atoms with Gasteiger partial charge < -0.3 is 23.9 Å². The molecular formula is C19H21NO8. The number of ether oxygens (including phenoxy) is 3. The van der Waals surface area contributed by atoms with Crippen LogP contribution in [0.5, 0.6) is 5.75 Å². The molecule has 1 amide bonds. The first-order valence-electron chi connectivity index (χ1n) is 8.42. The Hall–Kier alpha value is -3.36. The summed E-state index contributed by atoms with van der Waals surface area (Å²) in [6, 6.07) is 5.16. The fourth-order valence-corrected chi connectivity index (χ4v) is 2.65. The molecule has 1 aromatic carbocycles. The Morgan fingerprint density at radius 3 is 2.46 bits per heavy atom. The van der Waals surface area contributed by atoms with Crippen LogP contribution in [0, 0.1) is 0 Å². The zero-order valence-electron chi connectivity index (χ0n) is 15.8. The maximum atomic E-state index is 12.1. The van der Waals surface area contributed by atoms with Crippen molar-refractivity contribution >= 4 is 28.8 Å². The number of hydrogen-bond acceptors (Lipinski definition) is 8. The van der Waals surface area contributed by atoms with Gasteiger partial charge in [0.05, 0.1) is 27.8 Å². The second-order valence-corrected chi connectivity index (χ2v) is 5.88. The molecule has 0 aliphatic heterocycles. The molecule has 1 atom stereocenters. The third kappa shape index (κ3) is 5.32. The van der Waals surface area contributed by atoms with Crippen LogP contribution >= 0.6 is 0 Å². The van der Waals surface area contributed by atoms with E-state index in [9.17, 15) is 19.2 Å². The van der Waals surface area contributed by atoms with Gasteiger partial charge in [-0.1, -0.05) is 0 Å². The van der Waals surface area contributed by atoms with Crippen molar-refractivity contribution < 1.29 is 33.0 Å². The SMILES string of the molecule is COC(=O)CCC(=O)N[C@@H](Cc1cc(=O)oc2cc(OC)ccc12)C(=O)OC. The molecule has 0 radical (unpaired) electrons. The summed E-state index contributed by atoms with van der Waals surface area (Å²) in [6.45, 7) is 0. The third-order valence-corrected chi connectivity index (χ3v) is 4.07. The summed E-state index contributed by atoms with van der Waals surface area (Å²) in [7, 11) is 3.90. The summed E-state index contributed by atoms with van der Waals surface area (Å²) < 4.78 is 19.5. The molecule has 0 fully saturated rings. The Morgan fingerprint density at radius 2 is 1.82 bits per heavy atom. The molecule has 150 valence electrons. The van der Waals surface area contributed by atoms with E-state index in [1.165, 1.54) is 27.4 Å². The number of methoxy groups -OCH3 is 3. The zero-order valence-corrected chi connectivity index (χ0v) is 15.8. The van der Waals surface area contributed by atoms with Crippen LogP contribution in [0.3, 0.4) is 0 Å². The van der Waals surface area contributed by atoms with Gasteiger partial charge in [-0.05, 0) is 17.7 Å². The smallest absolute Gasteiger partial charge is 0.336 e. The highest BCUT2D eigenvalue weighted by molar-refractivity contribution is 5.88. The van der Waals surface area contributed by atoms with Crippen molar-refractivity contribution in [3.63, 3.8) is 0 Å². The third-order valence-electron chi connectivity index (χ3n) is 4.07. The van der Waals surface area contributed by atoms with Crippen molar-refractivity contribution in [2.24, 2.45) is 0 Å². The maximum absolute atomic E-state index is 12.1. The number of carbonyl (C=O) groups is 3. The van der Waals surface area contributed by atoms with E-state index in [1.807, 2.05) is 0 Å². The lowest BCUT2D eigenvalue weighted by molar-refractivity contribution is -0.145. The minimum absolute atomic E-state index is 0.00503. The number of carbonyl (C=O) groups excluding carboxylic acids is 3. The molecule has 0 bridgehead atoms. The quantitative estimate of drug-likeness (QED) is 0.522. The lowest BCUT2D eigenvalue weighted by atomic mass is 10.0. The fraction of sp³-hybridized carbons (Fsp3) is 0.368. The van der Waals surface area contributed by atoms with E-state index < -0.39 is 29.5 Å². The first-order chi connectivity index (χ1) is 13.4. The lowest BCUT2D eigenvalue weighted by Crippen LogP contribution is -2.43. The highest BCUT2D eigenvalue weighted by Gasteiger charge is 2.24. The molecular weight excluding hydrogens is 370 g/mol. The Morgan fingerprint density at radius 1 is 1.07 bits per heavy atom. The van der Waals surface area contributed by atoms with Crippen LogP contribution in [0.15, 0.2) is 33.5 Å². The van der Waals surface area contributed by atoms with E-state index in [2.05, 4.69) is 10.1 Å². The molecule has 1 N–H and O–H groups in total. The number of amides is 1. The van der Waals surface area contributed by atoms with Gasteiger partial charge in [0, 0.05) is 30.4 Å². The van der Waals surface area contributed by atoms with Crippen molar-refractivity contribution in [2.75, 3.05) is 21.3 Å². The largest absolute Gasteiger partial charge is 0.497 e. The fourth-order valence-electron chi connectivity index (χ4n) is 2.65. The van der Waals surface area contributed by atoms with Crippen LogP contribution in [0.1, 0.15) is 18.4 Å². The van der Waals surface area contributed by atoms with Crippen molar-refractivity contribution in [2.45, 2.75) is 25.3 Å². The Kier molecular flexibility index (Phi) is 7.14. The molecule has 2 rings (SSSR count). The second-order valence-electron chi connectivity index (χ2n) is 5.88. The van der Waals surface area contributed by atoms with Crippen LogP contribution in [0.25, 0.3) is 11.0 Å². The Bertz CT molecular complexity index is 933. The van der Waals surface area contributed by atoms with Crippen molar-refractivity contribution in [1.29, 1.82) is 0 Å². The molecule has 0 aliphatic rings. The summed E-state index contributed by atoms with van der Waals surface area (Å²) >= 11 is 0. The van der Waals surface area contributed by atoms with E-state index in [1.54, 1.807) is 18.2 Å². The summed E-state index contributed by atoms with van der Waals surface area (Å²) in [6.07, 6.45) is -0.256. The van der Waals surface area contributed by atoms with E-state index in [4.69, 9.17) is 13.9 Å². The van der Waals surface area contributed by atoms with Crippen molar-refractivity contribution in [3.05, 3.63) is 40.2 Å². The molecule has 9 nitrogen and oxygen atoms in total. The molecule has 0 spiro atoms. The van der Waals surface area contributed by atoms with E-state index in [0.717, 1.165) is 0 Å². The number of hydrogen-bond donors (Lipinski definition) is 1. The van der Waals surface area contributed by atoms with Crippen LogP contribution in [0.2, 0.25) is 0 Å². The van der Waals surface area contributed by atoms with Gasteiger partial charge in [-0.3, -0.25) is 9.59 Å². The highest BCUT2D eigenvalue weighted by atomic mass is 16.5. The normalized spacial score (nSPS) is 11.5.